The first-order valence-electron chi connectivity index (χ1n) is 11.7. The molecule has 2 amide bonds. The van der Waals surface area contributed by atoms with Crippen molar-refractivity contribution < 1.29 is 19.4 Å². The molecule has 1 heterocycles. The van der Waals surface area contributed by atoms with Crippen molar-refractivity contribution >= 4 is 23.8 Å². The third-order valence-corrected chi connectivity index (χ3v) is 6.51. The number of alkyl carbamates (subject to hydrolysis) is 1. The van der Waals surface area contributed by atoms with Gasteiger partial charge in [0.1, 0.15) is 11.6 Å². The van der Waals surface area contributed by atoms with E-state index in [1.165, 1.54) is 19.3 Å². The van der Waals surface area contributed by atoms with E-state index in [0.29, 0.717) is 18.1 Å². The second-order valence-electron chi connectivity index (χ2n) is 9.60. The Morgan fingerprint density at radius 3 is 2.56 bits per heavy atom. The molecule has 0 unspecified atom stereocenters. The van der Waals surface area contributed by atoms with Crippen LogP contribution in [0, 0.1) is 5.92 Å². The topological polar surface area (TPSA) is 101 Å². The molecule has 8 heteroatoms. The highest BCUT2D eigenvalue weighted by Gasteiger charge is 2.28. The fourth-order valence-corrected chi connectivity index (χ4v) is 4.75. The molecule has 2 rings (SSSR count). The molecule has 1 aliphatic carbocycles. The molecule has 0 radical (unpaired) electrons. The molecule has 1 aliphatic rings. The molecule has 3 N–H and O–H groups in total. The highest BCUT2D eigenvalue weighted by Crippen LogP contribution is 2.29. The lowest BCUT2D eigenvalue weighted by Crippen LogP contribution is -2.52. The average molecular weight is 466 g/mol. The van der Waals surface area contributed by atoms with Crippen molar-refractivity contribution in [1.82, 2.24) is 15.6 Å². The lowest BCUT2D eigenvalue weighted by Gasteiger charge is -2.31. The van der Waals surface area contributed by atoms with Crippen molar-refractivity contribution in [1.29, 1.82) is 0 Å². The number of carbonyl (C=O) groups is 2. The van der Waals surface area contributed by atoms with E-state index in [0.717, 1.165) is 24.3 Å². The van der Waals surface area contributed by atoms with Crippen LogP contribution < -0.4 is 10.6 Å². The summed E-state index contributed by atoms with van der Waals surface area (Å²) in [6.45, 7) is 6.95. The van der Waals surface area contributed by atoms with E-state index in [1.54, 1.807) is 45.7 Å². The molecule has 0 spiro atoms. The predicted octanol–water partition coefficient (Wildman–Crippen LogP) is 4.29. The fraction of sp³-hybridized carbons (Fsp3) is 0.708. The number of rotatable bonds is 10. The molecule has 0 bridgehead atoms. The van der Waals surface area contributed by atoms with Gasteiger partial charge in [0, 0.05) is 11.9 Å². The van der Waals surface area contributed by atoms with Crippen molar-refractivity contribution in [2.45, 2.75) is 101 Å². The third-order valence-electron chi connectivity index (χ3n) is 5.53. The van der Waals surface area contributed by atoms with E-state index >= 15 is 0 Å². The van der Waals surface area contributed by atoms with E-state index in [2.05, 4.69) is 15.6 Å². The van der Waals surface area contributed by atoms with Crippen molar-refractivity contribution in [2.75, 3.05) is 5.75 Å². The summed E-state index contributed by atoms with van der Waals surface area (Å²) in [5, 5.41) is 17.4. The Kier molecular flexibility index (Phi) is 10.8. The van der Waals surface area contributed by atoms with Crippen LogP contribution in [-0.4, -0.2) is 51.6 Å². The minimum Gasteiger partial charge on any atom is -0.444 e. The molecular formula is C24H39N3O4S. The average Bonchev–Trinajstić information content (AvgIpc) is 2.73. The fourth-order valence-electron chi connectivity index (χ4n) is 3.87. The molecule has 3 atom stereocenters. The molecule has 32 heavy (non-hydrogen) atoms. The first-order valence-corrected chi connectivity index (χ1v) is 12.6. The number of hydrogen-bond acceptors (Lipinski definition) is 6. The summed E-state index contributed by atoms with van der Waals surface area (Å²) in [7, 11) is 0. The van der Waals surface area contributed by atoms with Crippen LogP contribution in [0.2, 0.25) is 0 Å². The maximum atomic E-state index is 12.8. The number of pyridine rings is 1. The lowest BCUT2D eigenvalue weighted by molar-refractivity contribution is -0.124. The number of aromatic nitrogens is 1. The number of aliphatic hydroxyl groups is 1. The molecule has 0 aromatic carbocycles. The second-order valence-corrected chi connectivity index (χ2v) is 10.7. The van der Waals surface area contributed by atoms with Gasteiger partial charge in [-0.25, -0.2) is 9.78 Å². The monoisotopic (exact) mass is 465 g/mol. The van der Waals surface area contributed by atoms with E-state index in [4.69, 9.17) is 4.74 Å². The van der Waals surface area contributed by atoms with Gasteiger partial charge in [-0.05, 0) is 58.6 Å². The van der Waals surface area contributed by atoms with Gasteiger partial charge in [0.25, 0.3) is 0 Å². The number of carbonyl (C=O) groups excluding carboxylic acids is 2. The summed E-state index contributed by atoms with van der Waals surface area (Å²) in [5.74, 6) is 0.898. The van der Waals surface area contributed by atoms with Crippen LogP contribution in [0.4, 0.5) is 4.79 Å². The van der Waals surface area contributed by atoms with E-state index in [1.807, 2.05) is 18.2 Å². The summed E-state index contributed by atoms with van der Waals surface area (Å²) >= 11 is 1.59. The zero-order chi connectivity index (χ0) is 23.6. The smallest absolute Gasteiger partial charge is 0.408 e. The number of hydrogen-bond donors (Lipinski definition) is 3. The quantitative estimate of drug-likeness (QED) is 0.446. The number of ether oxygens (including phenoxy) is 1. The largest absolute Gasteiger partial charge is 0.444 e. The van der Waals surface area contributed by atoms with Gasteiger partial charge in [-0.15, -0.1) is 11.8 Å². The normalized spacial score (nSPS) is 17.8. The van der Waals surface area contributed by atoms with Gasteiger partial charge < -0.3 is 20.5 Å². The molecule has 180 valence electrons. The zero-order valence-electron chi connectivity index (χ0n) is 19.8. The number of thioether (sulfide) groups is 1. The minimum atomic E-state index is -0.756. The van der Waals surface area contributed by atoms with Gasteiger partial charge in [0.05, 0.1) is 17.2 Å². The van der Waals surface area contributed by atoms with Crippen molar-refractivity contribution in [3.63, 3.8) is 0 Å². The van der Waals surface area contributed by atoms with Crippen LogP contribution in [0.25, 0.3) is 0 Å². The van der Waals surface area contributed by atoms with Crippen molar-refractivity contribution in [3.05, 3.63) is 24.4 Å². The third kappa shape index (κ3) is 10.2. The SMILES string of the molecule is C[C@H](NC(=O)OC(C)(C)C)C(=O)N[C@@H](CC1CCCCC1)[C@@H](O)CCSc1ccccn1. The van der Waals surface area contributed by atoms with Gasteiger partial charge in [-0.1, -0.05) is 38.2 Å². The predicted molar refractivity (Wildman–Crippen MR) is 128 cm³/mol. The molecule has 1 aromatic heterocycles. The van der Waals surface area contributed by atoms with Crippen LogP contribution in [0.5, 0.6) is 0 Å². The highest BCUT2D eigenvalue weighted by molar-refractivity contribution is 7.99. The molecule has 1 saturated carbocycles. The molecular weight excluding hydrogens is 426 g/mol. The maximum Gasteiger partial charge on any atom is 0.408 e. The van der Waals surface area contributed by atoms with Gasteiger partial charge in [0.15, 0.2) is 0 Å². The summed E-state index contributed by atoms with van der Waals surface area (Å²) < 4.78 is 5.24. The minimum absolute atomic E-state index is 0.312. The number of amides is 2. The summed E-state index contributed by atoms with van der Waals surface area (Å²) in [6.07, 6.45) is 7.69. The second kappa shape index (κ2) is 13.0. The lowest BCUT2D eigenvalue weighted by atomic mass is 9.83. The van der Waals surface area contributed by atoms with Crippen LogP contribution in [0.15, 0.2) is 29.4 Å². The molecule has 0 aliphatic heterocycles. The Morgan fingerprint density at radius 2 is 1.94 bits per heavy atom. The Bertz CT molecular complexity index is 705. The van der Waals surface area contributed by atoms with Gasteiger partial charge in [-0.2, -0.15) is 0 Å². The Hall–Kier alpha value is -1.80. The van der Waals surface area contributed by atoms with Gasteiger partial charge in [0.2, 0.25) is 5.91 Å². The summed E-state index contributed by atoms with van der Waals surface area (Å²) in [4.78, 5) is 29.1. The number of aliphatic hydroxyl groups excluding tert-OH is 1. The molecule has 7 nitrogen and oxygen atoms in total. The van der Waals surface area contributed by atoms with E-state index in [-0.39, 0.29) is 11.9 Å². The standard InChI is InChI=1S/C24H39N3O4S/c1-17(26-23(30)31-24(2,3)4)22(29)27-19(16-18-10-6-5-7-11-18)20(28)13-15-32-21-12-8-9-14-25-21/h8-9,12,14,17-20,28H,5-7,10-11,13,15-16H2,1-4H3,(H,26,30)(H,27,29)/t17-,19-,20-/m0/s1. The molecule has 1 aromatic rings. The number of nitrogens with one attached hydrogen (secondary N) is 2. The van der Waals surface area contributed by atoms with Gasteiger partial charge >= 0.3 is 6.09 Å². The maximum absolute atomic E-state index is 12.8. The summed E-state index contributed by atoms with van der Waals surface area (Å²) in [5.41, 5.74) is -0.634. The van der Waals surface area contributed by atoms with Crippen LogP contribution >= 0.6 is 11.8 Å². The first-order chi connectivity index (χ1) is 15.1. The Morgan fingerprint density at radius 1 is 1.22 bits per heavy atom. The zero-order valence-corrected chi connectivity index (χ0v) is 20.6. The molecule has 0 saturated heterocycles. The van der Waals surface area contributed by atoms with Crippen LogP contribution in [0.1, 0.15) is 72.6 Å². The van der Waals surface area contributed by atoms with Crippen molar-refractivity contribution in [2.24, 2.45) is 5.92 Å². The van der Waals surface area contributed by atoms with Crippen LogP contribution in [0.3, 0.4) is 0 Å². The Balaban J connectivity index is 1.92. The summed E-state index contributed by atoms with van der Waals surface area (Å²) in [6, 6.07) is 4.66. The van der Waals surface area contributed by atoms with Gasteiger partial charge in [-0.3, -0.25) is 4.79 Å². The van der Waals surface area contributed by atoms with E-state index in [9.17, 15) is 14.7 Å². The van der Waals surface area contributed by atoms with E-state index < -0.39 is 23.8 Å². The van der Waals surface area contributed by atoms with Crippen molar-refractivity contribution in [3.8, 4) is 0 Å². The Labute approximate surface area is 196 Å². The van der Waals surface area contributed by atoms with Crippen LogP contribution in [-0.2, 0) is 9.53 Å². The molecule has 1 fully saturated rings. The number of nitrogens with zero attached hydrogens (tertiary/aromatic N) is 1. The highest BCUT2D eigenvalue weighted by atomic mass is 32.2. The first kappa shape index (κ1) is 26.5.